The van der Waals surface area contributed by atoms with Crippen molar-refractivity contribution < 1.29 is 4.42 Å². The van der Waals surface area contributed by atoms with Gasteiger partial charge in [-0.25, -0.2) is 9.59 Å². The first kappa shape index (κ1) is 18.0. The van der Waals surface area contributed by atoms with E-state index >= 15 is 0 Å². The molecule has 0 aliphatic heterocycles. The third-order valence-electron chi connectivity index (χ3n) is 6.64. The Balaban J connectivity index is 1.81. The van der Waals surface area contributed by atoms with E-state index in [-0.39, 0.29) is 21.6 Å². The normalized spacial score (nSPS) is 12.1. The van der Waals surface area contributed by atoms with Gasteiger partial charge in [-0.2, -0.15) is 0 Å². The van der Waals surface area contributed by atoms with Crippen molar-refractivity contribution >= 4 is 64.6 Å². The van der Waals surface area contributed by atoms with Crippen LogP contribution in [0.2, 0.25) is 0 Å². The van der Waals surface area contributed by atoms with Crippen molar-refractivity contribution in [2.45, 2.75) is 0 Å². The van der Waals surface area contributed by atoms with Crippen molar-refractivity contribution in [3.8, 4) is 0 Å². The summed E-state index contributed by atoms with van der Waals surface area (Å²) in [6.07, 6.45) is 0. The predicted molar refractivity (Wildman–Crippen MR) is 131 cm³/mol. The van der Waals surface area contributed by atoms with Gasteiger partial charge in [0.25, 0.3) is 0 Å². The summed E-state index contributed by atoms with van der Waals surface area (Å²) in [6.45, 7) is 0. The molecular formula is C28H12O5. The molecule has 154 valence electrons. The van der Waals surface area contributed by atoms with Gasteiger partial charge in [0, 0.05) is 21.5 Å². The Hall–Kier alpha value is -4.64. The van der Waals surface area contributed by atoms with Gasteiger partial charge in [-0.05, 0) is 56.6 Å². The molecule has 0 saturated heterocycles. The minimum absolute atomic E-state index is 0.140. The van der Waals surface area contributed by atoms with Gasteiger partial charge >= 0.3 is 11.3 Å². The summed E-state index contributed by atoms with van der Waals surface area (Å²) in [6, 6.07) is 20.9. The van der Waals surface area contributed by atoms with Gasteiger partial charge in [0.15, 0.2) is 10.9 Å². The molecule has 0 amide bonds. The molecule has 1 aromatic heterocycles. The Morgan fingerprint density at radius 2 is 0.697 bits per heavy atom. The van der Waals surface area contributed by atoms with Crippen LogP contribution in [0.4, 0.5) is 0 Å². The SMILES string of the molecule is O=c1oc(=O)c2cc3c(cc2c2cc4c(=O)c5ccccc5c4cc12)c(=O)c1ccccc13. The highest BCUT2D eigenvalue weighted by Crippen LogP contribution is 2.32. The standard InChI is InChI=1S/C28H12O5/c29-25-15-7-3-1-5-13(15)17-11-23-19(9-21(17)25)20-10-22-18(12-24(20)28(32)33-27(23)31)14-6-2-4-8-16(14)26(22)30/h1-12H. The molecule has 7 aromatic rings. The van der Waals surface area contributed by atoms with Crippen LogP contribution in [-0.2, 0) is 0 Å². The molecule has 5 nitrogen and oxygen atoms in total. The molecule has 0 radical (unpaired) electrons. The molecule has 5 heteroatoms. The molecule has 0 unspecified atom stereocenters. The summed E-state index contributed by atoms with van der Waals surface area (Å²) in [7, 11) is 0. The second-order valence-electron chi connectivity index (χ2n) is 8.31. The van der Waals surface area contributed by atoms with Gasteiger partial charge in [0.2, 0.25) is 0 Å². The minimum Gasteiger partial charge on any atom is -0.386 e. The van der Waals surface area contributed by atoms with E-state index in [9.17, 15) is 19.2 Å². The maximum absolute atomic E-state index is 13.1. The van der Waals surface area contributed by atoms with Gasteiger partial charge in [-0.1, -0.05) is 48.5 Å². The Morgan fingerprint density at radius 1 is 0.364 bits per heavy atom. The van der Waals surface area contributed by atoms with E-state index in [4.69, 9.17) is 4.42 Å². The summed E-state index contributed by atoms with van der Waals surface area (Å²) >= 11 is 0. The minimum atomic E-state index is -0.780. The summed E-state index contributed by atoms with van der Waals surface area (Å²) in [4.78, 5) is 51.9. The summed E-state index contributed by atoms with van der Waals surface area (Å²) in [5, 5.41) is 5.98. The first-order valence-electron chi connectivity index (χ1n) is 10.4. The van der Waals surface area contributed by atoms with Crippen LogP contribution in [0.5, 0.6) is 0 Å². The van der Waals surface area contributed by atoms with E-state index < -0.39 is 11.3 Å². The first-order valence-corrected chi connectivity index (χ1v) is 10.4. The molecule has 0 saturated carbocycles. The van der Waals surface area contributed by atoms with Gasteiger partial charge < -0.3 is 4.42 Å². The van der Waals surface area contributed by atoms with Gasteiger partial charge in [0.05, 0.1) is 10.8 Å². The number of hydrogen-bond donors (Lipinski definition) is 0. The van der Waals surface area contributed by atoms with Crippen LogP contribution in [0.3, 0.4) is 0 Å². The van der Waals surface area contributed by atoms with Crippen LogP contribution >= 0.6 is 0 Å². The van der Waals surface area contributed by atoms with Crippen molar-refractivity contribution in [1.82, 2.24) is 0 Å². The van der Waals surface area contributed by atoms with Crippen LogP contribution in [0.25, 0.3) is 64.6 Å². The van der Waals surface area contributed by atoms with Crippen LogP contribution in [0, 0.1) is 0 Å². The first-order chi connectivity index (χ1) is 16.0. The molecular weight excluding hydrogens is 416 g/mol. The Morgan fingerprint density at radius 3 is 1.12 bits per heavy atom. The third-order valence-corrected chi connectivity index (χ3v) is 6.64. The monoisotopic (exact) mass is 428 g/mol. The third kappa shape index (κ3) is 2.20. The molecule has 0 atom stereocenters. The largest absolute Gasteiger partial charge is 0.386 e. The van der Waals surface area contributed by atoms with E-state index in [2.05, 4.69) is 0 Å². The average molecular weight is 428 g/mol. The van der Waals surface area contributed by atoms with Crippen molar-refractivity contribution in [3.63, 3.8) is 0 Å². The van der Waals surface area contributed by atoms with Crippen molar-refractivity contribution in [2.75, 3.05) is 0 Å². The Kier molecular flexibility index (Phi) is 3.26. The van der Waals surface area contributed by atoms with Crippen LogP contribution < -0.4 is 22.1 Å². The van der Waals surface area contributed by atoms with Crippen molar-refractivity contribution in [2.24, 2.45) is 0 Å². The lowest BCUT2D eigenvalue weighted by atomic mass is 10.0. The lowest BCUT2D eigenvalue weighted by Gasteiger charge is -1.99. The topological polar surface area (TPSA) is 81.4 Å². The second-order valence-corrected chi connectivity index (χ2v) is 8.31. The smallest absolute Gasteiger partial charge is 0.346 e. The molecule has 1 heterocycles. The van der Waals surface area contributed by atoms with E-state index in [0.717, 1.165) is 10.8 Å². The second kappa shape index (κ2) is 5.99. The fourth-order valence-electron chi connectivity index (χ4n) is 5.12. The fourth-order valence-corrected chi connectivity index (χ4v) is 5.12. The van der Waals surface area contributed by atoms with Crippen LogP contribution in [0.15, 0.2) is 96.4 Å². The quantitative estimate of drug-likeness (QED) is 0.355. The van der Waals surface area contributed by atoms with E-state index in [1.54, 1.807) is 48.5 Å². The van der Waals surface area contributed by atoms with Gasteiger partial charge in [-0.15, -0.1) is 0 Å². The lowest BCUT2D eigenvalue weighted by Crippen LogP contribution is -2.04. The molecule has 33 heavy (non-hydrogen) atoms. The average Bonchev–Trinajstić information content (AvgIpc) is 3.25. The van der Waals surface area contributed by atoms with Crippen LogP contribution in [-0.4, -0.2) is 0 Å². The van der Waals surface area contributed by atoms with Gasteiger partial charge in [0.1, 0.15) is 0 Å². The molecule has 7 rings (SSSR count). The summed E-state index contributed by atoms with van der Waals surface area (Å²) in [5.41, 5.74) is -1.84. The molecule has 0 aliphatic rings. The van der Waals surface area contributed by atoms with E-state index in [1.165, 1.54) is 0 Å². The van der Waals surface area contributed by atoms with Crippen molar-refractivity contribution in [1.29, 1.82) is 0 Å². The zero-order valence-electron chi connectivity index (χ0n) is 17.0. The molecule has 0 fully saturated rings. The molecule has 0 bridgehead atoms. The Labute approximate surface area is 183 Å². The zero-order valence-corrected chi connectivity index (χ0v) is 17.0. The van der Waals surface area contributed by atoms with Gasteiger partial charge in [-0.3, -0.25) is 9.59 Å². The summed E-state index contributed by atoms with van der Waals surface area (Å²) < 4.78 is 5.17. The van der Waals surface area contributed by atoms with E-state index in [0.29, 0.717) is 43.1 Å². The molecule has 0 spiro atoms. The number of hydrogen-bond acceptors (Lipinski definition) is 5. The summed E-state index contributed by atoms with van der Waals surface area (Å²) in [5.74, 6) is 0. The highest BCUT2D eigenvalue weighted by atomic mass is 16.4. The highest BCUT2D eigenvalue weighted by Gasteiger charge is 2.17. The predicted octanol–water partition coefficient (Wildman–Crippen LogP) is 4.52. The van der Waals surface area contributed by atoms with Crippen LogP contribution in [0.1, 0.15) is 0 Å². The maximum Gasteiger partial charge on any atom is 0.346 e. The van der Waals surface area contributed by atoms with Crippen molar-refractivity contribution in [3.05, 3.63) is 114 Å². The molecule has 6 aromatic carbocycles. The highest BCUT2D eigenvalue weighted by molar-refractivity contribution is 6.22. The molecule has 0 aliphatic carbocycles. The lowest BCUT2D eigenvalue weighted by molar-refractivity contribution is 0.491. The van der Waals surface area contributed by atoms with E-state index in [1.807, 2.05) is 24.3 Å². The number of rotatable bonds is 0. The fraction of sp³-hybridized carbons (Fsp3) is 0. The molecule has 0 N–H and O–H groups in total. The number of fused-ring (bicyclic) bond motifs is 9. The maximum atomic E-state index is 13.1. The zero-order chi connectivity index (χ0) is 22.4. The Bertz CT molecular complexity index is 2050. The number of benzene rings is 4.